The van der Waals surface area contributed by atoms with Crippen LogP contribution in [0.25, 0.3) is 0 Å². The summed E-state index contributed by atoms with van der Waals surface area (Å²) in [5.74, 6) is -0.856. The topological polar surface area (TPSA) is 107 Å². The number of ketones is 1. The van der Waals surface area contributed by atoms with Crippen LogP contribution < -0.4 is 5.32 Å². The number of rotatable bonds is 3. The molecule has 0 unspecified atom stereocenters. The van der Waals surface area contributed by atoms with Gasteiger partial charge in [-0.15, -0.1) is 11.6 Å². The predicted octanol–water partition coefficient (Wildman–Crippen LogP) is 3.78. The zero-order valence-electron chi connectivity index (χ0n) is 16.0. The summed E-state index contributed by atoms with van der Waals surface area (Å²) in [6.07, 6.45) is 2.72. The summed E-state index contributed by atoms with van der Waals surface area (Å²) in [4.78, 5) is 49.9. The molecule has 154 valence electrons. The number of amides is 3. The van der Waals surface area contributed by atoms with Crippen molar-refractivity contribution in [3.63, 3.8) is 0 Å². The molecule has 9 heteroatoms. The van der Waals surface area contributed by atoms with Crippen LogP contribution in [0.1, 0.15) is 48.0 Å². The number of carbonyl (C=O) groups is 4. The number of aryl methyl sites for hydroxylation is 1. The minimum absolute atomic E-state index is 0.0590. The first kappa shape index (κ1) is 20.6. The van der Waals surface area contributed by atoms with Crippen LogP contribution in [0.3, 0.4) is 0 Å². The summed E-state index contributed by atoms with van der Waals surface area (Å²) in [6, 6.07) is 7.06. The molecule has 2 heterocycles. The van der Waals surface area contributed by atoms with E-state index in [1.165, 1.54) is 0 Å². The molecule has 1 aliphatic carbocycles. The lowest BCUT2D eigenvalue weighted by molar-refractivity contribution is -0.122. The van der Waals surface area contributed by atoms with E-state index in [0.717, 1.165) is 27.8 Å². The van der Waals surface area contributed by atoms with Crippen molar-refractivity contribution < 1.29 is 19.2 Å². The fourth-order valence-electron chi connectivity index (χ4n) is 3.83. The molecular formula is C21H18ClN3O4S. The third-order valence-corrected chi connectivity index (χ3v) is 7.17. The first-order valence-corrected chi connectivity index (χ1v) is 10.8. The monoisotopic (exact) mass is 443 g/mol. The van der Waals surface area contributed by atoms with Crippen LogP contribution >= 0.6 is 23.4 Å². The summed E-state index contributed by atoms with van der Waals surface area (Å²) >= 11 is 7.05. The highest BCUT2D eigenvalue weighted by Gasteiger charge is 2.40. The molecular weight excluding hydrogens is 426 g/mol. The number of alkyl halides is 1. The van der Waals surface area contributed by atoms with Crippen LogP contribution in [-0.4, -0.2) is 39.2 Å². The summed E-state index contributed by atoms with van der Waals surface area (Å²) in [5.41, 5.74) is 2.77. The quantitative estimate of drug-likeness (QED) is 0.432. The highest BCUT2D eigenvalue weighted by Crippen LogP contribution is 2.42. The van der Waals surface area contributed by atoms with Gasteiger partial charge >= 0.3 is 0 Å². The van der Waals surface area contributed by atoms with E-state index in [-0.39, 0.29) is 18.2 Å². The third kappa shape index (κ3) is 3.87. The number of imide groups is 1. The Morgan fingerprint density at radius 1 is 1.20 bits per heavy atom. The molecule has 3 aliphatic rings. The van der Waals surface area contributed by atoms with Crippen molar-refractivity contribution in [3.05, 3.63) is 39.8 Å². The van der Waals surface area contributed by atoms with E-state index in [1.54, 1.807) is 18.2 Å². The van der Waals surface area contributed by atoms with E-state index >= 15 is 0 Å². The van der Waals surface area contributed by atoms with Crippen molar-refractivity contribution in [2.45, 2.75) is 43.4 Å². The van der Waals surface area contributed by atoms with Gasteiger partial charge in [-0.25, -0.2) is 0 Å². The molecule has 0 radical (unpaired) electrons. The molecule has 1 saturated heterocycles. The van der Waals surface area contributed by atoms with Crippen LogP contribution in [0, 0.1) is 11.3 Å². The van der Waals surface area contributed by atoms with E-state index in [2.05, 4.69) is 11.4 Å². The fraction of sp³-hybridized carbons (Fsp3) is 0.381. The van der Waals surface area contributed by atoms with E-state index in [9.17, 15) is 19.2 Å². The maximum absolute atomic E-state index is 12.8. The van der Waals surface area contributed by atoms with E-state index in [0.29, 0.717) is 54.7 Å². The number of benzene rings is 1. The van der Waals surface area contributed by atoms with Gasteiger partial charge < -0.3 is 5.32 Å². The number of anilines is 1. The lowest BCUT2D eigenvalue weighted by Gasteiger charge is -2.26. The zero-order valence-corrected chi connectivity index (χ0v) is 17.6. The smallest absolute Gasteiger partial charge is 0.293 e. The average molecular weight is 444 g/mol. The Labute approximate surface area is 182 Å². The number of halogens is 1. The van der Waals surface area contributed by atoms with Crippen molar-refractivity contribution in [2.24, 2.45) is 0 Å². The van der Waals surface area contributed by atoms with Gasteiger partial charge in [0.2, 0.25) is 5.91 Å². The Hall–Kier alpha value is -2.63. The molecule has 0 spiro atoms. The number of nitrogens with one attached hydrogen (secondary N) is 1. The molecule has 7 nitrogen and oxygen atoms in total. The zero-order chi connectivity index (χ0) is 21.5. The van der Waals surface area contributed by atoms with Gasteiger partial charge in [-0.2, -0.15) is 5.26 Å². The molecule has 4 rings (SSSR count). The Morgan fingerprint density at radius 3 is 2.63 bits per heavy atom. The number of hydrogen-bond acceptors (Lipinski definition) is 6. The van der Waals surface area contributed by atoms with Gasteiger partial charge in [-0.05, 0) is 67.6 Å². The standard InChI is InChI=1S/C21H18ClN3O4S/c22-21(11-23)7-5-12(6-8-21)18-19(28)25(20(29)30-18)10-16(26)14-1-3-15-13(9-14)2-4-17(27)24-15/h1,3,9H,2,4-8,10H2,(H,24,27). The molecule has 0 aromatic heterocycles. The summed E-state index contributed by atoms with van der Waals surface area (Å²) in [6.45, 7) is -0.329. The molecule has 1 aromatic carbocycles. The van der Waals surface area contributed by atoms with Gasteiger partial charge in [-0.3, -0.25) is 24.1 Å². The Bertz CT molecular complexity index is 1050. The van der Waals surface area contributed by atoms with Gasteiger partial charge in [-0.1, -0.05) is 5.57 Å². The second kappa shape index (κ2) is 7.89. The van der Waals surface area contributed by atoms with Crippen LogP contribution in [0.2, 0.25) is 0 Å². The largest absolute Gasteiger partial charge is 0.326 e. The molecule has 3 amide bonds. The lowest BCUT2D eigenvalue weighted by Crippen LogP contribution is -2.34. The van der Waals surface area contributed by atoms with Crippen molar-refractivity contribution >= 4 is 51.9 Å². The van der Waals surface area contributed by atoms with Crippen LogP contribution in [0.15, 0.2) is 28.7 Å². The summed E-state index contributed by atoms with van der Waals surface area (Å²) in [7, 11) is 0. The predicted molar refractivity (Wildman–Crippen MR) is 112 cm³/mol. The molecule has 2 aliphatic heterocycles. The number of nitriles is 1. The van der Waals surface area contributed by atoms with Crippen molar-refractivity contribution in [1.29, 1.82) is 5.26 Å². The molecule has 2 fully saturated rings. The van der Waals surface area contributed by atoms with E-state index in [1.807, 2.05) is 0 Å². The van der Waals surface area contributed by atoms with E-state index < -0.39 is 16.0 Å². The molecule has 1 aromatic rings. The van der Waals surface area contributed by atoms with Crippen LogP contribution in [-0.2, 0) is 16.0 Å². The van der Waals surface area contributed by atoms with Crippen LogP contribution in [0.4, 0.5) is 10.5 Å². The van der Waals surface area contributed by atoms with Gasteiger partial charge in [0.15, 0.2) is 5.78 Å². The number of carbonyl (C=O) groups excluding carboxylic acids is 4. The molecule has 1 N–H and O–H groups in total. The van der Waals surface area contributed by atoms with Gasteiger partial charge in [0.25, 0.3) is 11.1 Å². The maximum Gasteiger partial charge on any atom is 0.293 e. The molecule has 30 heavy (non-hydrogen) atoms. The van der Waals surface area contributed by atoms with Gasteiger partial charge in [0, 0.05) is 17.7 Å². The third-order valence-electron chi connectivity index (χ3n) is 5.64. The number of hydrogen-bond donors (Lipinski definition) is 1. The summed E-state index contributed by atoms with van der Waals surface area (Å²) in [5, 5.41) is 11.4. The number of fused-ring (bicyclic) bond motifs is 1. The van der Waals surface area contributed by atoms with Crippen molar-refractivity contribution in [1.82, 2.24) is 4.90 Å². The number of Topliss-reactive ketones (excluding diaryl/α,β-unsaturated/α-hetero) is 1. The Balaban J connectivity index is 1.48. The van der Waals surface area contributed by atoms with Crippen LogP contribution in [0.5, 0.6) is 0 Å². The fourth-order valence-corrected chi connectivity index (χ4v) is 5.00. The van der Waals surface area contributed by atoms with E-state index in [4.69, 9.17) is 16.9 Å². The minimum Gasteiger partial charge on any atom is -0.326 e. The SMILES string of the molecule is N#CC1(Cl)CCC(=C2SC(=O)N(CC(=O)c3ccc4c(c3)CCC(=O)N4)C2=O)CC1. The Morgan fingerprint density at radius 2 is 1.93 bits per heavy atom. The average Bonchev–Trinajstić information content (AvgIpc) is 3.02. The minimum atomic E-state index is -0.915. The second-order valence-corrected chi connectivity index (χ2v) is 9.30. The Kier molecular flexibility index (Phi) is 5.43. The normalized spacial score (nSPS) is 23.9. The summed E-state index contributed by atoms with van der Waals surface area (Å²) < 4.78 is 0. The number of allylic oxidation sites excluding steroid dienone is 1. The molecule has 0 atom stereocenters. The first-order valence-electron chi connectivity index (χ1n) is 9.61. The van der Waals surface area contributed by atoms with Gasteiger partial charge in [0.05, 0.1) is 17.5 Å². The molecule has 0 bridgehead atoms. The van der Waals surface area contributed by atoms with Crippen molar-refractivity contribution in [2.75, 3.05) is 11.9 Å². The number of nitrogens with zero attached hydrogens (tertiary/aromatic N) is 2. The second-order valence-electron chi connectivity index (χ2n) is 7.61. The highest BCUT2D eigenvalue weighted by atomic mass is 35.5. The maximum atomic E-state index is 12.8. The van der Waals surface area contributed by atoms with Gasteiger partial charge in [0.1, 0.15) is 4.87 Å². The highest BCUT2D eigenvalue weighted by molar-refractivity contribution is 8.18. The lowest BCUT2D eigenvalue weighted by atomic mass is 9.85. The first-order chi connectivity index (χ1) is 14.3. The number of thioether (sulfide) groups is 1. The molecule has 1 saturated carbocycles. The van der Waals surface area contributed by atoms with Crippen molar-refractivity contribution in [3.8, 4) is 6.07 Å².